The Balaban J connectivity index is -0.0000000133. The molecule has 0 aliphatic carbocycles. The quantitative estimate of drug-likeness (QED) is 0.266. The molecule has 0 saturated carbocycles. The van der Waals surface area contributed by atoms with Gasteiger partial charge >= 0.3 is 0 Å². The molecule has 0 aromatic carbocycles. The third kappa shape index (κ3) is 1110. The van der Waals surface area contributed by atoms with Gasteiger partial charge in [0.15, 0.2) is 0 Å². The van der Waals surface area contributed by atoms with E-state index in [-0.39, 0.29) is 12.4 Å². The fourth-order valence-corrected chi connectivity index (χ4v) is 0. The molecular formula is H5ClO4. The van der Waals surface area contributed by atoms with Gasteiger partial charge in [-0.1, -0.05) is 0 Å². The maximum atomic E-state index is 6.00. The molecule has 4 nitrogen and oxygen atoms in total. The van der Waals surface area contributed by atoms with E-state index in [4.69, 9.17) is 21.0 Å². The highest BCUT2D eigenvalue weighted by molar-refractivity contribution is 5.85. The Morgan fingerprint density at radius 2 is 0.600 bits per heavy atom. The summed E-state index contributed by atoms with van der Waals surface area (Å²) in [5.74, 6) is 0. The van der Waals surface area contributed by atoms with E-state index >= 15 is 0 Å². The van der Waals surface area contributed by atoms with E-state index in [0.29, 0.717) is 0 Å². The van der Waals surface area contributed by atoms with Gasteiger partial charge in [0, 0.05) is 0 Å². The first kappa shape index (κ1) is 19.3. The van der Waals surface area contributed by atoms with Gasteiger partial charge < -0.3 is 0 Å². The largest absolute Gasteiger partial charge is 0.255 e. The molecule has 0 rings (SSSR count). The fourth-order valence-electron chi connectivity index (χ4n) is 0. The lowest BCUT2D eigenvalue weighted by atomic mass is 15.0. The van der Waals surface area contributed by atoms with Gasteiger partial charge in [-0.3, -0.25) is 21.0 Å². The van der Waals surface area contributed by atoms with Crippen LogP contribution in [-0.2, 0) is 0 Å². The normalized spacial score (nSPS) is 2.40. The molecule has 0 radical (unpaired) electrons. The van der Waals surface area contributed by atoms with E-state index in [0.717, 1.165) is 0 Å². The zero-order valence-electron chi connectivity index (χ0n) is 2.20. The molecule has 0 amide bonds. The highest BCUT2D eigenvalue weighted by Gasteiger charge is 0.747. The van der Waals surface area contributed by atoms with Crippen molar-refractivity contribution in [1.82, 2.24) is 0 Å². The van der Waals surface area contributed by atoms with Gasteiger partial charge in [0.25, 0.3) is 0 Å². The van der Waals surface area contributed by atoms with Crippen LogP contribution in [0.15, 0.2) is 0 Å². The Hall–Kier alpha value is 0.130. The van der Waals surface area contributed by atoms with Gasteiger partial charge in [-0.25, -0.2) is 0 Å². The van der Waals surface area contributed by atoms with Crippen molar-refractivity contribution < 1.29 is 21.0 Å². The van der Waals surface area contributed by atoms with Crippen LogP contribution in [0.25, 0.3) is 0 Å². The van der Waals surface area contributed by atoms with Gasteiger partial charge in [-0.05, 0) is 0 Å². The first-order valence-corrected chi connectivity index (χ1v) is 0.400. The van der Waals surface area contributed by atoms with E-state index in [1.165, 1.54) is 0 Å². The van der Waals surface area contributed by atoms with Crippen LogP contribution in [0.2, 0.25) is 0 Å². The lowest BCUT2D eigenvalue weighted by Gasteiger charge is -1.25. The third-order valence-corrected chi connectivity index (χ3v) is 0. The van der Waals surface area contributed by atoms with Gasteiger partial charge in [-0.15, -0.1) is 12.4 Å². The number of hydrogen-bond acceptors (Lipinski definition) is 4. The molecule has 0 spiro atoms. The summed E-state index contributed by atoms with van der Waals surface area (Å²) in [5.41, 5.74) is 0. The van der Waals surface area contributed by atoms with Crippen LogP contribution in [0.3, 0.4) is 0 Å². The number of hydrogen-bond donors (Lipinski definition) is 4. The summed E-state index contributed by atoms with van der Waals surface area (Å²) < 4.78 is 0. The number of rotatable bonds is 0. The maximum absolute atomic E-state index is 6.00. The standard InChI is InChI=1S/ClH.2H2O2/c;2*1-2/h1H;2*1-2H. The summed E-state index contributed by atoms with van der Waals surface area (Å²) in [5, 5.41) is 24.0. The van der Waals surface area contributed by atoms with Gasteiger partial charge in [-0.2, -0.15) is 0 Å². The average Bonchev–Trinajstić information content (AvgIpc) is 1.50. The molecule has 5 heteroatoms. The Bertz CT molecular complexity index is 3.61. The van der Waals surface area contributed by atoms with Crippen LogP contribution in [0.4, 0.5) is 0 Å². The smallest absolute Gasteiger partial charge is 0.147 e. The Morgan fingerprint density at radius 3 is 0.600 bits per heavy atom. The molecule has 0 unspecified atom stereocenters. The Labute approximate surface area is 34.6 Å². The lowest BCUT2D eigenvalue weighted by molar-refractivity contribution is -0.176. The van der Waals surface area contributed by atoms with Gasteiger partial charge in [0.2, 0.25) is 0 Å². The second-order valence-corrected chi connectivity index (χ2v) is 0. The predicted molar refractivity (Wildman–Crippen MR) is 17.8 cm³/mol. The highest BCUT2D eigenvalue weighted by Crippen LogP contribution is 0.713. The van der Waals surface area contributed by atoms with E-state index in [1.54, 1.807) is 0 Å². The van der Waals surface area contributed by atoms with E-state index in [2.05, 4.69) is 0 Å². The summed E-state index contributed by atoms with van der Waals surface area (Å²) in [6.07, 6.45) is 0. The van der Waals surface area contributed by atoms with Crippen LogP contribution in [0, 0.1) is 0 Å². The molecule has 0 atom stereocenters. The first-order valence-electron chi connectivity index (χ1n) is 0.400. The van der Waals surface area contributed by atoms with E-state index < -0.39 is 0 Å². The van der Waals surface area contributed by atoms with Crippen molar-refractivity contribution in [2.24, 2.45) is 0 Å². The van der Waals surface area contributed by atoms with Crippen molar-refractivity contribution in [2.45, 2.75) is 0 Å². The monoisotopic (exact) mass is 104 g/mol. The zero-order valence-corrected chi connectivity index (χ0v) is 3.01. The number of halogens is 1. The fraction of sp³-hybridized carbons (Fsp3) is 0. The first-order chi connectivity index (χ1) is 2.00. The van der Waals surface area contributed by atoms with Crippen molar-refractivity contribution in [3.63, 3.8) is 0 Å². The second-order valence-electron chi connectivity index (χ2n) is 0. The molecular weight excluding hydrogens is 99.4 g/mol. The summed E-state index contributed by atoms with van der Waals surface area (Å²) in [4.78, 5) is 0. The molecule has 0 saturated heterocycles. The molecule has 0 fully saturated rings. The lowest BCUT2D eigenvalue weighted by Crippen LogP contribution is -1.29. The molecule has 4 N–H and O–H groups in total. The SMILES string of the molecule is Cl.OO.OO. The summed E-state index contributed by atoms with van der Waals surface area (Å²) >= 11 is 0. The molecule has 0 aliphatic heterocycles. The summed E-state index contributed by atoms with van der Waals surface area (Å²) in [6.45, 7) is 0. The molecule has 0 aromatic heterocycles. The molecule has 0 aliphatic rings. The topological polar surface area (TPSA) is 80.9 Å². The van der Waals surface area contributed by atoms with Crippen LogP contribution in [-0.4, -0.2) is 21.0 Å². The molecule has 0 heterocycles. The van der Waals surface area contributed by atoms with Crippen molar-refractivity contribution in [3.8, 4) is 0 Å². The van der Waals surface area contributed by atoms with Crippen molar-refractivity contribution in [3.05, 3.63) is 0 Å². The highest BCUT2D eigenvalue weighted by atomic mass is 35.5. The molecule has 36 valence electrons. The molecule has 0 bridgehead atoms. The minimum absolute atomic E-state index is 0. The average molecular weight is 104 g/mol. The van der Waals surface area contributed by atoms with Gasteiger partial charge in [0.1, 0.15) is 0 Å². The van der Waals surface area contributed by atoms with Crippen LogP contribution in [0.1, 0.15) is 0 Å². The molecule has 5 heavy (non-hydrogen) atoms. The minimum atomic E-state index is 0. The maximum Gasteiger partial charge on any atom is -0.147 e. The Morgan fingerprint density at radius 1 is 0.600 bits per heavy atom. The predicted octanol–water partition coefficient (Wildman–Crippen LogP) is 0.457. The van der Waals surface area contributed by atoms with Crippen molar-refractivity contribution >= 4 is 12.4 Å². The van der Waals surface area contributed by atoms with Gasteiger partial charge in [0.05, 0.1) is 0 Å². The summed E-state index contributed by atoms with van der Waals surface area (Å²) in [7, 11) is 0. The van der Waals surface area contributed by atoms with Crippen LogP contribution >= 0.6 is 12.4 Å². The zero-order chi connectivity index (χ0) is 4.00. The summed E-state index contributed by atoms with van der Waals surface area (Å²) in [6, 6.07) is 0. The Kier molecular flexibility index (Phi) is 9240. The third-order valence-electron chi connectivity index (χ3n) is 0. The van der Waals surface area contributed by atoms with Crippen molar-refractivity contribution in [2.75, 3.05) is 0 Å². The van der Waals surface area contributed by atoms with Crippen LogP contribution in [0.5, 0.6) is 0 Å². The van der Waals surface area contributed by atoms with Crippen molar-refractivity contribution in [1.29, 1.82) is 0 Å². The van der Waals surface area contributed by atoms with E-state index in [1.807, 2.05) is 0 Å². The molecule has 0 aromatic rings. The minimum Gasteiger partial charge on any atom is -0.255 e. The van der Waals surface area contributed by atoms with Crippen LogP contribution < -0.4 is 0 Å². The second kappa shape index (κ2) is 2390. The van der Waals surface area contributed by atoms with E-state index in [9.17, 15) is 0 Å².